The minimum absolute atomic E-state index is 0.0639. The van der Waals surface area contributed by atoms with Crippen LogP contribution in [0.4, 0.5) is 5.13 Å². The predicted molar refractivity (Wildman–Crippen MR) is 127 cm³/mol. The van der Waals surface area contributed by atoms with Crippen LogP contribution < -0.4 is 14.4 Å². The van der Waals surface area contributed by atoms with Crippen molar-refractivity contribution >= 4 is 42.4 Å². The van der Waals surface area contributed by atoms with Gasteiger partial charge >= 0.3 is 0 Å². The van der Waals surface area contributed by atoms with E-state index in [0.717, 1.165) is 0 Å². The molecule has 4 aromatic rings. The van der Waals surface area contributed by atoms with E-state index in [0.29, 0.717) is 32.5 Å². The molecule has 0 atom stereocenters. The molecule has 33 heavy (non-hydrogen) atoms. The number of benzene rings is 2. The lowest BCUT2D eigenvalue weighted by atomic mass is 10.3. The molecule has 170 valence electrons. The highest BCUT2D eigenvalue weighted by molar-refractivity contribution is 7.92. The van der Waals surface area contributed by atoms with Crippen LogP contribution in [0.15, 0.2) is 71.8 Å². The highest BCUT2D eigenvalue weighted by atomic mass is 32.2. The van der Waals surface area contributed by atoms with Crippen LogP contribution >= 0.6 is 11.3 Å². The molecule has 0 unspecified atom stereocenters. The second-order valence-electron chi connectivity index (χ2n) is 7.02. The van der Waals surface area contributed by atoms with Gasteiger partial charge in [-0.15, -0.1) is 0 Å². The zero-order chi connectivity index (χ0) is 23.4. The minimum Gasteiger partial charge on any atom is -0.495 e. The number of ether oxygens (including phenoxy) is 2. The summed E-state index contributed by atoms with van der Waals surface area (Å²) in [7, 11) is -0.768. The number of aromatic nitrogens is 2. The molecule has 10 heteroatoms. The van der Waals surface area contributed by atoms with Crippen molar-refractivity contribution in [2.75, 3.05) is 24.9 Å². The van der Waals surface area contributed by atoms with E-state index in [1.807, 2.05) is 0 Å². The first kappa shape index (κ1) is 22.7. The van der Waals surface area contributed by atoms with E-state index in [2.05, 4.69) is 9.97 Å². The number of hydrogen-bond acceptors (Lipinski definition) is 8. The normalized spacial score (nSPS) is 11.3. The van der Waals surface area contributed by atoms with Gasteiger partial charge in [0.1, 0.15) is 27.5 Å². The maximum atomic E-state index is 13.3. The van der Waals surface area contributed by atoms with Gasteiger partial charge in [0.2, 0.25) is 5.91 Å². The van der Waals surface area contributed by atoms with Crippen LogP contribution in [-0.4, -0.2) is 44.3 Å². The summed E-state index contributed by atoms with van der Waals surface area (Å²) < 4.78 is 37.3. The standard InChI is InChI=1S/C23H21N3O5S2/c1-30-18-11-12-19(31-2)22-21(18)25-23(32-22)26(14-16-8-6-7-13-24-16)20(27)15-33(28,29)17-9-4-3-5-10-17/h3-13H,14-15H2,1-2H3. The van der Waals surface area contributed by atoms with E-state index in [4.69, 9.17) is 9.47 Å². The van der Waals surface area contributed by atoms with Crippen molar-refractivity contribution in [3.8, 4) is 11.5 Å². The van der Waals surface area contributed by atoms with Crippen molar-refractivity contribution in [1.29, 1.82) is 0 Å². The van der Waals surface area contributed by atoms with Crippen LogP contribution in [0.1, 0.15) is 5.69 Å². The third-order valence-electron chi connectivity index (χ3n) is 4.89. The van der Waals surface area contributed by atoms with E-state index < -0.39 is 21.5 Å². The molecular weight excluding hydrogens is 462 g/mol. The number of hydrogen-bond donors (Lipinski definition) is 0. The molecule has 4 rings (SSSR count). The van der Waals surface area contributed by atoms with Crippen molar-refractivity contribution < 1.29 is 22.7 Å². The molecule has 0 fully saturated rings. The largest absolute Gasteiger partial charge is 0.495 e. The smallest absolute Gasteiger partial charge is 0.244 e. The van der Waals surface area contributed by atoms with Gasteiger partial charge in [-0.25, -0.2) is 13.4 Å². The number of thiazole rings is 1. The fourth-order valence-electron chi connectivity index (χ4n) is 3.26. The Labute approximate surface area is 195 Å². The Hall–Kier alpha value is -3.50. The van der Waals surface area contributed by atoms with Crippen LogP contribution in [0.25, 0.3) is 10.2 Å². The number of pyridine rings is 1. The lowest BCUT2D eigenvalue weighted by Gasteiger charge is -2.19. The summed E-state index contributed by atoms with van der Waals surface area (Å²) >= 11 is 1.22. The topological polar surface area (TPSA) is 98.7 Å². The van der Waals surface area contributed by atoms with Crippen LogP contribution in [0, 0.1) is 0 Å². The summed E-state index contributed by atoms with van der Waals surface area (Å²) in [5.74, 6) is -0.206. The summed E-state index contributed by atoms with van der Waals surface area (Å²) in [6.45, 7) is 0.0639. The number of sulfone groups is 1. The van der Waals surface area contributed by atoms with Crippen molar-refractivity contribution in [1.82, 2.24) is 9.97 Å². The molecular formula is C23H21N3O5S2. The molecule has 2 heterocycles. The fourth-order valence-corrected chi connectivity index (χ4v) is 5.57. The van der Waals surface area contributed by atoms with Gasteiger partial charge in [-0.1, -0.05) is 35.6 Å². The second-order valence-corrected chi connectivity index (χ2v) is 9.98. The molecule has 0 aliphatic heterocycles. The van der Waals surface area contributed by atoms with Crippen molar-refractivity contribution in [3.05, 3.63) is 72.6 Å². The van der Waals surface area contributed by atoms with Gasteiger partial charge in [0, 0.05) is 6.20 Å². The summed E-state index contributed by atoms with van der Waals surface area (Å²) in [6, 6.07) is 16.7. The third-order valence-corrected chi connectivity index (χ3v) is 7.60. The number of fused-ring (bicyclic) bond motifs is 1. The van der Waals surface area contributed by atoms with Gasteiger partial charge in [0.15, 0.2) is 15.0 Å². The van der Waals surface area contributed by atoms with E-state index in [9.17, 15) is 13.2 Å². The monoisotopic (exact) mass is 483 g/mol. The maximum absolute atomic E-state index is 13.3. The van der Waals surface area contributed by atoms with Gasteiger partial charge in [-0.3, -0.25) is 14.7 Å². The Balaban J connectivity index is 1.76. The molecule has 0 saturated carbocycles. The first-order valence-electron chi connectivity index (χ1n) is 9.92. The Morgan fingerprint density at radius 2 is 1.67 bits per heavy atom. The summed E-state index contributed by atoms with van der Waals surface area (Å²) in [5, 5.41) is 0.326. The number of rotatable bonds is 8. The molecule has 0 spiro atoms. The molecule has 2 aromatic carbocycles. The number of nitrogens with zero attached hydrogens (tertiary/aromatic N) is 3. The third kappa shape index (κ3) is 4.81. The average Bonchev–Trinajstić information content (AvgIpc) is 3.28. The fraction of sp³-hybridized carbons (Fsp3) is 0.174. The van der Waals surface area contributed by atoms with E-state index >= 15 is 0 Å². The highest BCUT2D eigenvalue weighted by Gasteiger charge is 2.28. The number of carbonyl (C=O) groups excluding carboxylic acids is 1. The SMILES string of the molecule is COc1ccc(OC)c2sc(N(Cc3ccccn3)C(=O)CS(=O)(=O)c3ccccc3)nc12. The van der Waals surface area contributed by atoms with E-state index in [-0.39, 0.29) is 11.4 Å². The molecule has 0 aliphatic rings. The minimum atomic E-state index is -3.84. The molecule has 0 N–H and O–H groups in total. The van der Waals surface area contributed by atoms with Crippen molar-refractivity contribution in [2.45, 2.75) is 11.4 Å². The molecule has 1 amide bonds. The van der Waals surface area contributed by atoms with Crippen LogP contribution in [0.5, 0.6) is 11.5 Å². The van der Waals surface area contributed by atoms with E-state index in [1.54, 1.807) is 61.8 Å². The first-order valence-corrected chi connectivity index (χ1v) is 12.4. The Morgan fingerprint density at radius 3 is 2.33 bits per heavy atom. The lowest BCUT2D eigenvalue weighted by molar-refractivity contribution is -0.116. The number of anilines is 1. The Kier molecular flexibility index (Phi) is 6.57. The van der Waals surface area contributed by atoms with E-state index in [1.165, 1.54) is 35.5 Å². The maximum Gasteiger partial charge on any atom is 0.244 e. The number of methoxy groups -OCH3 is 2. The van der Waals surface area contributed by atoms with Gasteiger partial charge in [-0.2, -0.15) is 0 Å². The van der Waals surface area contributed by atoms with Crippen LogP contribution in [0.2, 0.25) is 0 Å². The average molecular weight is 484 g/mol. The number of carbonyl (C=O) groups is 1. The van der Waals surface area contributed by atoms with Gasteiger partial charge in [0.25, 0.3) is 0 Å². The summed E-state index contributed by atoms with van der Waals surface area (Å²) in [6.07, 6.45) is 1.61. The highest BCUT2D eigenvalue weighted by Crippen LogP contribution is 2.40. The lowest BCUT2D eigenvalue weighted by Crippen LogP contribution is -2.35. The van der Waals surface area contributed by atoms with Gasteiger partial charge in [0.05, 0.1) is 31.4 Å². The predicted octanol–water partition coefficient (Wildman–Crippen LogP) is 3.72. The zero-order valence-corrected chi connectivity index (χ0v) is 19.6. The summed E-state index contributed by atoms with van der Waals surface area (Å²) in [4.78, 5) is 23.7. The molecule has 2 aromatic heterocycles. The Bertz CT molecular complexity index is 1330. The molecule has 0 saturated heterocycles. The second kappa shape index (κ2) is 9.55. The zero-order valence-electron chi connectivity index (χ0n) is 18.0. The van der Waals surface area contributed by atoms with Crippen LogP contribution in [-0.2, 0) is 21.2 Å². The Morgan fingerprint density at radius 1 is 0.970 bits per heavy atom. The molecule has 0 aliphatic carbocycles. The summed E-state index contributed by atoms with van der Waals surface area (Å²) in [5.41, 5.74) is 1.13. The first-order chi connectivity index (χ1) is 15.9. The van der Waals surface area contributed by atoms with Crippen LogP contribution in [0.3, 0.4) is 0 Å². The quantitative estimate of drug-likeness (QED) is 0.377. The number of amides is 1. The molecule has 0 radical (unpaired) electrons. The van der Waals surface area contributed by atoms with Gasteiger partial charge < -0.3 is 9.47 Å². The van der Waals surface area contributed by atoms with Crippen molar-refractivity contribution in [3.63, 3.8) is 0 Å². The molecule has 0 bridgehead atoms. The molecule has 8 nitrogen and oxygen atoms in total. The van der Waals surface area contributed by atoms with Gasteiger partial charge in [-0.05, 0) is 36.4 Å². The van der Waals surface area contributed by atoms with Crippen molar-refractivity contribution in [2.24, 2.45) is 0 Å².